The van der Waals surface area contributed by atoms with Crippen molar-refractivity contribution >= 4 is 56.2 Å². The van der Waals surface area contributed by atoms with E-state index in [1.54, 1.807) is 6.92 Å². The van der Waals surface area contributed by atoms with Crippen LogP contribution in [0, 0.1) is 0 Å². The minimum Gasteiger partial charge on any atom is -0.327 e. The summed E-state index contributed by atoms with van der Waals surface area (Å²) in [6, 6.07) is 7.68. The number of aryl methyl sites for hydroxylation is 1. The van der Waals surface area contributed by atoms with Gasteiger partial charge in [0, 0.05) is 12.4 Å². The highest BCUT2D eigenvalue weighted by molar-refractivity contribution is 8.00. The van der Waals surface area contributed by atoms with Crippen LogP contribution in [0.1, 0.15) is 11.9 Å². The second-order valence-corrected chi connectivity index (χ2v) is 8.29. The third-order valence-electron chi connectivity index (χ3n) is 4.04. The van der Waals surface area contributed by atoms with Crippen molar-refractivity contribution in [2.75, 3.05) is 5.32 Å². The van der Waals surface area contributed by atoms with E-state index in [9.17, 15) is 18.0 Å². The van der Waals surface area contributed by atoms with Crippen LogP contribution < -0.4 is 5.32 Å². The normalized spacial score (nSPS) is 13.1. The van der Waals surface area contributed by atoms with Crippen molar-refractivity contribution < 1.29 is 18.0 Å². The van der Waals surface area contributed by atoms with E-state index in [1.165, 1.54) is 0 Å². The van der Waals surface area contributed by atoms with Gasteiger partial charge in [-0.05, 0) is 13.0 Å². The fourth-order valence-electron chi connectivity index (χ4n) is 2.65. The SMILES string of the molecule is CC(Sc1nnc2c3ccccc3n(C)c2n1)C(=O)Nc1nnc(C(F)(F)F)s1. The highest BCUT2D eigenvalue weighted by Crippen LogP contribution is 2.33. The van der Waals surface area contributed by atoms with Crippen LogP contribution in [0.15, 0.2) is 29.4 Å². The Hall–Kier alpha value is -2.80. The lowest BCUT2D eigenvalue weighted by Gasteiger charge is -2.08. The van der Waals surface area contributed by atoms with Crippen LogP contribution >= 0.6 is 23.1 Å². The van der Waals surface area contributed by atoms with Crippen molar-refractivity contribution in [2.45, 2.75) is 23.5 Å². The summed E-state index contributed by atoms with van der Waals surface area (Å²) >= 11 is 1.30. The zero-order valence-electron chi connectivity index (χ0n) is 14.9. The number of halogens is 3. The molecule has 0 saturated carbocycles. The molecule has 0 spiro atoms. The number of para-hydroxylation sites is 1. The zero-order chi connectivity index (χ0) is 20.8. The maximum Gasteiger partial charge on any atom is 0.445 e. The number of alkyl halides is 3. The van der Waals surface area contributed by atoms with Gasteiger partial charge < -0.3 is 4.57 Å². The predicted octanol–water partition coefficient (Wildman–Crippen LogP) is 3.51. The smallest absolute Gasteiger partial charge is 0.327 e. The highest BCUT2D eigenvalue weighted by atomic mass is 32.2. The van der Waals surface area contributed by atoms with Gasteiger partial charge in [0.1, 0.15) is 5.52 Å². The quantitative estimate of drug-likeness (QED) is 0.486. The lowest BCUT2D eigenvalue weighted by Crippen LogP contribution is -2.22. The highest BCUT2D eigenvalue weighted by Gasteiger charge is 2.36. The third kappa shape index (κ3) is 3.74. The van der Waals surface area contributed by atoms with E-state index in [2.05, 4.69) is 30.7 Å². The van der Waals surface area contributed by atoms with Gasteiger partial charge in [-0.2, -0.15) is 13.2 Å². The molecule has 1 amide bonds. The Morgan fingerprint density at radius 2 is 1.97 bits per heavy atom. The fourth-order valence-corrected chi connectivity index (χ4v) is 3.97. The number of hydrogen-bond acceptors (Lipinski definition) is 8. The maximum absolute atomic E-state index is 12.6. The third-order valence-corrected chi connectivity index (χ3v) is 5.87. The van der Waals surface area contributed by atoms with Gasteiger partial charge >= 0.3 is 6.18 Å². The number of hydrogen-bond donors (Lipinski definition) is 1. The Kier molecular flexibility index (Phi) is 4.86. The Balaban J connectivity index is 1.51. The first-order valence-corrected chi connectivity index (χ1v) is 9.89. The summed E-state index contributed by atoms with van der Waals surface area (Å²) in [5, 5.41) is 16.2. The Bertz CT molecular complexity index is 1220. The number of fused-ring (bicyclic) bond motifs is 3. The number of carbonyl (C=O) groups excluding carboxylic acids is 1. The molecule has 0 aliphatic rings. The molecule has 3 aromatic heterocycles. The molecule has 0 fully saturated rings. The number of benzene rings is 1. The minimum absolute atomic E-state index is 0.224. The van der Waals surface area contributed by atoms with Crippen molar-refractivity contribution in [1.29, 1.82) is 0 Å². The maximum atomic E-state index is 12.6. The molecule has 0 aliphatic carbocycles. The lowest BCUT2D eigenvalue weighted by molar-refractivity contribution is -0.138. The number of thioether (sulfide) groups is 1. The summed E-state index contributed by atoms with van der Waals surface area (Å²) in [6.07, 6.45) is -4.60. The molecular weight excluding hydrogens is 427 g/mol. The van der Waals surface area contributed by atoms with Crippen LogP contribution in [-0.4, -0.2) is 41.1 Å². The summed E-state index contributed by atoms with van der Waals surface area (Å²) in [5.74, 6) is -0.541. The molecule has 8 nitrogen and oxygen atoms in total. The number of carbonyl (C=O) groups is 1. The first-order chi connectivity index (χ1) is 13.7. The van der Waals surface area contributed by atoms with Gasteiger partial charge in [-0.3, -0.25) is 10.1 Å². The van der Waals surface area contributed by atoms with Crippen molar-refractivity contribution in [1.82, 2.24) is 29.9 Å². The Labute approximate surface area is 169 Å². The van der Waals surface area contributed by atoms with E-state index < -0.39 is 22.3 Å². The summed E-state index contributed by atoms with van der Waals surface area (Å²) in [4.78, 5) is 16.8. The molecule has 1 aromatic carbocycles. The van der Waals surface area contributed by atoms with E-state index in [4.69, 9.17) is 0 Å². The van der Waals surface area contributed by atoms with Crippen molar-refractivity contribution in [2.24, 2.45) is 7.05 Å². The van der Waals surface area contributed by atoms with Crippen LogP contribution in [-0.2, 0) is 18.0 Å². The van der Waals surface area contributed by atoms with Crippen LogP contribution in [0.3, 0.4) is 0 Å². The van der Waals surface area contributed by atoms with Crippen LogP contribution in [0.5, 0.6) is 0 Å². The molecule has 150 valence electrons. The molecule has 0 saturated heterocycles. The summed E-state index contributed by atoms with van der Waals surface area (Å²) in [6.45, 7) is 1.58. The van der Waals surface area contributed by atoms with Gasteiger partial charge in [0.15, 0.2) is 5.65 Å². The number of rotatable bonds is 4. The summed E-state index contributed by atoms with van der Waals surface area (Å²) in [5.41, 5.74) is 2.22. The number of anilines is 1. The molecular formula is C16H12F3N7OS2. The summed E-state index contributed by atoms with van der Waals surface area (Å²) < 4.78 is 39.6. The average Bonchev–Trinajstić information content (AvgIpc) is 3.26. The molecule has 13 heteroatoms. The van der Waals surface area contributed by atoms with E-state index in [-0.39, 0.29) is 21.6 Å². The molecule has 1 unspecified atom stereocenters. The van der Waals surface area contributed by atoms with E-state index >= 15 is 0 Å². The largest absolute Gasteiger partial charge is 0.445 e. The topological polar surface area (TPSA) is 98.5 Å². The second kappa shape index (κ2) is 7.22. The van der Waals surface area contributed by atoms with Crippen LogP contribution in [0.4, 0.5) is 18.3 Å². The molecule has 4 rings (SSSR count). The van der Waals surface area contributed by atoms with E-state index in [1.807, 2.05) is 35.9 Å². The minimum atomic E-state index is -4.60. The lowest BCUT2D eigenvalue weighted by atomic mass is 10.2. The molecule has 4 aromatic rings. The van der Waals surface area contributed by atoms with E-state index in [0.29, 0.717) is 11.2 Å². The van der Waals surface area contributed by atoms with Gasteiger partial charge in [0.25, 0.3) is 0 Å². The van der Waals surface area contributed by atoms with Crippen molar-refractivity contribution in [3.8, 4) is 0 Å². The van der Waals surface area contributed by atoms with Gasteiger partial charge in [-0.1, -0.05) is 41.3 Å². The van der Waals surface area contributed by atoms with Gasteiger partial charge in [0.05, 0.1) is 10.8 Å². The molecule has 29 heavy (non-hydrogen) atoms. The second-order valence-electron chi connectivity index (χ2n) is 6.00. The first-order valence-electron chi connectivity index (χ1n) is 8.20. The molecule has 1 N–H and O–H groups in total. The zero-order valence-corrected chi connectivity index (χ0v) is 16.6. The number of nitrogens with one attached hydrogen (secondary N) is 1. The molecule has 0 aliphatic heterocycles. The molecule has 0 radical (unpaired) electrons. The van der Waals surface area contributed by atoms with E-state index in [0.717, 1.165) is 22.7 Å². The number of nitrogens with zero attached hydrogens (tertiary/aromatic N) is 6. The number of aromatic nitrogens is 6. The summed E-state index contributed by atoms with van der Waals surface area (Å²) in [7, 11) is 1.86. The molecule has 0 bridgehead atoms. The standard InChI is InChI=1S/C16H12F3N7OS2/c1-7(12(27)21-15-25-23-13(29-15)16(17,18)19)28-14-20-11-10(22-24-14)8-5-3-4-6-9(8)26(11)2/h3-7H,1-2H3,(H,21,25,27). The monoisotopic (exact) mass is 439 g/mol. The van der Waals surface area contributed by atoms with Gasteiger partial charge in [-0.25, -0.2) is 4.98 Å². The molecule has 1 atom stereocenters. The molecule has 3 heterocycles. The van der Waals surface area contributed by atoms with Crippen LogP contribution in [0.25, 0.3) is 22.1 Å². The van der Waals surface area contributed by atoms with Gasteiger partial charge in [0.2, 0.25) is 21.2 Å². The Morgan fingerprint density at radius 1 is 1.21 bits per heavy atom. The van der Waals surface area contributed by atoms with Crippen molar-refractivity contribution in [3.63, 3.8) is 0 Å². The first kappa shape index (κ1) is 19.5. The van der Waals surface area contributed by atoms with Gasteiger partial charge in [-0.15, -0.1) is 20.4 Å². The predicted molar refractivity (Wildman–Crippen MR) is 103 cm³/mol. The van der Waals surface area contributed by atoms with Crippen molar-refractivity contribution in [3.05, 3.63) is 29.3 Å². The van der Waals surface area contributed by atoms with Crippen LogP contribution in [0.2, 0.25) is 0 Å². The Morgan fingerprint density at radius 3 is 2.69 bits per heavy atom. The fraction of sp³-hybridized carbons (Fsp3) is 0.250. The number of amides is 1. The average molecular weight is 439 g/mol.